The molecule has 0 spiro atoms. The summed E-state index contributed by atoms with van der Waals surface area (Å²) in [6, 6.07) is 19.3. The Bertz CT molecular complexity index is 863. The van der Waals surface area contributed by atoms with Gasteiger partial charge in [-0.2, -0.15) is 0 Å². The molecule has 0 aliphatic carbocycles. The molecule has 0 fully saturated rings. The number of anilines is 1. The van der Waals surface area contributed by atoms with Gasteiger partial charge in [0.25, 0.3) is 5.91 Å². The zero-order valence-corrected chi connectivity index (χ0v) is 16.8. The molecule has 5 nitrogen and oxygen atoms in total. The van der Waals surface area contributed by atoms with Crippen LogP contribution in [-0.4, -0.2) is 27.3 Å². The van der Waals surface area contributed by atoms with Crippen molar-refractivity contribution in [2.24, 2.45) is 0 Å². The minimum absolute atomic E-state index is 0.0319. The highest BCUT2D eigenvalue weighted by Crippen LogP contribution is 2.19. The zero-order chi connectivity index (χ0) is 20.4. The molecular weight excluding hydrogens is 348 g/mol. The second-order valence-electron chi connectivity index (χ2n) is 6.09. The van der Waals surface area contributed by atoms with Crippen molar-refractivity contribution < 1.29 is 4.79 Å². The van der Waals surface area contributed by atoms with Crippen molar-refractivity contribution in [3.05, 3.63) is 78.0 Å². The number of benzene rings is 2. The maximum atomic E-state index is 12.9. The molecule has 0 radical (unpaired) electrons. The number of rotatable bonds is 6. The highest BCUT2D eigenvalue weighted by Gasteiger charge is 2.15. The van der Waals surface area contributed by atoms with Crippen LogP contribution < -0.4 is 5.73 Å². The van der Waals surface area contributed by atoms with Gasteiger partial charge < -0.3 is 10.6 Å². The summed E-state index contributed by atoms with van der Waals surface area (Å²) in [5.74, 6) is 0.268. The Labute approximate surface area is 167 Å². The van der Waals surface area contributed by atoms with Crippen molar-refractivity contribution in [1.82, 2.24) is 14.9 Å². The third-order valence-corrected chi connectivity index (χ3v) is 4.10. The van der Waals surface area contributed by atoms with Gasteiger partial charge in [-0.1, -0.05) is 63.2 Å². The van der Waals surface area contributed by atoms with E-state index in [1.165, 1.54) is 0 Å². The van der Waals surface area contributed by atoms with Gasteiger partial charge in [0.05, 0.1) is 5.69 Å². The molecule has 0 unspecified atom stereocenters. The first-order valence-corrected chi connectivity index (χ1v) is 9.69. The Morgan fingerprint density at radius 3 is 2.29 bits per heavy atom. The Hall–Kier alpha value is -3.21. The number of nitrogens with zero attached hydrogens (tertiary/aromatic N) is 3. The van der Waals surface area contributed by atoms with Crippen LogP contribution in [0.15, 0.2) is 66.9 Å². The first kappa shape index (κ1) is 21.1. The molecule has 2 N–H and O–H groups in total. The molecular formula is C23H28N4O. The standard InChI is InChI=1S/C21H22N4O.C2H6/c1-2-14-25(15-16-6-4-3-5-7-16)20(26)18-10-8-17(9-11-18)19-12-13-23-21(22)24-19;1-2/h3-13H,2,14-15H2,1H3,(H2,22,23,24);1-2H3. The summed E-state index contributed by atoms with van der Waals surface area (Å²) in [6.45, 7) is 7.41. The van der Waals surface area contributed by atoms with E-state index in [1.54, 1.807) is 12.3 Å². The Morgan fingerprint density at radius 1 is 1.00 bits per heavy atom. The smallest absolute Gasteiger partial charge is 0.254 e. The lowest BCUT2D eigenvalue weighted by Gasteiger charge is -2.22. The molecule has 5 heteroatoms. The van der Waals surface area contributed by atoms with Crippen molar-refractivity contribution in [3.8, 4) is 11.3 Å². The molecule has 1 amide bonds. The van der Waals surface area contributed by atoms with Crippen molar-refractivity contribution in [2.75, 3.05) is 12.3 Å². The molecule has 0 bridgehead atoms. The molecule has 0 aliphatic heterocycles. The largest absolute Gasteiger partial charge is 0.368 e. The summed E-state index contributed by atoms with van der Waals surface area (Å²) >= 11 is 0. The maximum absolute atomic E-state index is 12.9. The first-order chi connectivity index (χ1) is 13.7. The minimum atomic E-state index is 0.0319. The molecule has 0 atom stereocenters. The van der Waals surface area contributed by atoms with Crippen LogP contribution in [0.4, 0.5) is 5.95 Å². The van der Waals surface area contributed by atoms with Gasteiger partial charge in [-0.25, -0.2) is 9.97 Å². The molecule has 0 aliphatic rings. The Balaban J connectivity index is 0.00000136. The number of carbonyl (C=O) groups is 1. The second kappa shape index (κ2) is 10.8. The van der Waals surface area contributed by atoms with Gasteiger partial charge in [-0.05, 0) is 30.2 Å². The minimum Gasteiger partial charge on any atom is -0.368 e. The molecule has 1 heterocycles. The second-order valence-corrected chi connectivity index (χ2v) is 6.09. The monoisotopic (exact) mass is 376 g/mol. The number of nitrogen functional groups attached to an aromatic ring is 1. The SMILES string of the molecule is CC.CCCN(Cc1ccccc1)C(=O)c1ccc(-c2ccnc(N)n2)cc1. The highest BCUT2D eigenvalue weighted by molar-refractivity contribution is 5.94. The molecule has 0 saturated carbocycles. The van der Waals surface area contributed by atoms with Gasteiger partial charge >= 0.3 is 0 Å². The lowest BCUT2D eigenvalue weighted by molar-refractivity contribution is 0.0743. The lowest BCUT2D eigenvalue weighted by Crippen LogP contribution is -2.31. The van der Waals surface area contributed by atoms with Crippen molar-refractivity contribution in [1.29, 1.82) is 0 Å². The van der Waals surface area contributed by atoms with Crippen molar-refractivity contribution >= 4 is 11.9 Å². The Kier molecular flexibility index (Phi) is 8.15. The molecule has 28 heavy (non-hydrogen) atoms. The number of aromatic nitrogens is 2. The molecule has 2 aromatic carbocycles. The summed E-state index contributed by atoms with van der Waals surface area (Å²) in [5.41, 5.74) is 9.08. The Morgan fingerprint density at radius 2 is 1.68 bits per heavy atom. The average Bonchev–Trinajstić information content (AvgIpc) is 2.75. The van der Waals surface area contributed by atoms with Gasteiger partial charge in [0.2, 0.25) is 5.95 Å². The van der Waals surface area contributed by atoms with Crippen LogP contribution in [0, 0.1) is 0 Å². The van der Waals surface area contributed by atoms with Gasteiger partial charge in [0.15, 0.2) is 0 Å². The number of amides is 1. The van der Waals surface area contributed by atoms with Crippen LogP contribution >= 0.6 is 0 Å². The summed E-state index contributed by atoms with van der Waals surface area (Å²) in [4.78, 5) is 22.9. The molecule has 146 valence electrons. The molecule has 3 rings (SSSR count). The molecule has 1 aromatic heterocycles. The van der Waals surface area contributed by atoms with Gasteiger partial charge in [-0.15, -0.1) is 0 Å². The van der Waals surface area contributed by atoms with Crippen LogP contribution in [0.3, 0.4) is 0 Å². The molecule has 3 aromatic rings. The summed E-state index contributed by atoms with van der Waals surface area (Å²) in [7, 11) is 0. The van der Waals surface area contributed by atoms with E-state index in [0.717, 1.165) is 29.8 Å². The van der Waals surface area contributed by atoms with E-state index in [1.807, 2.05) is 73.3 Å². The highest BCUT2D eigenvalue weighted by atomic mass is 16.2. The fourth-order valence-electron chi connectivity index (χ4n) is 2.83. The maximum Gasteiger partial charge on any atom is 0.254 e. The topological polar surface area (TPSA) is 72.1 Å². The van der Waals surface area contributed by atoms with Gasteiger partial charge in [0.1, 0.15) is 0 Å². The average molecular weight is 377 g/mol. The number of nitrogens with two attached hydrogens (primary N) is 1. The van der Waals surface area contributed by atoms with E-state index in [0.29, 0.717) is 12.1 Å². The van der Waals surface area contributed by atoms with Crippen molar-refractivity contribution in [3.63, 3.8) is 0 Å². The molecule has 0 saturated heterocycles. The van der Waals surface area contributed by atoms with Crippen LogP contribution in [0.5, 0.6) is 0 Å². The fraction of sp³-hybridized carbons (Fsp3) is 0.261. The van der Waals surface area contributed by atoms with E-state index in [4.69, 9.17) is 5.73 Å². The summed E-state index contributed by atoms with van der Waals surface area (Å²) in [5, 5.41) is 0. The number of carbonyl (C=O) groups excluding carboxylic acids is 1. The van der Waals surface area contributed by atoms with E-state index in [9.17, 15) is 4.79 Å². The third kappa shape index (κ3) is 5.64. The predicted octanol–water partition coefficient (Wildman–Crippen LogP) is 4.80. The van der Waals surface area contributed by atoms with E-state index in [-0.39, 0.29) is 11.9 Å². The van der Waals surface area contributed by atoms with E-state index < -0.39 is 0 Å². The third-order valence-electron chi connectivity index (χ3n) is 4.10. The zero-order valence-electron chi connectivity index (χ0n) is 16.8. The summed E-state index contributed by atoms with van der Waals surface area (Å²) in [6.07, 6.45) is 2.54. The number of hydrogen-bond donors (Lipinski definition) is 1. The predicted molar refractivity (Wildman–Crippen MR) is 115 cm³/mol. The van der Waals surface area contributed by atoms with E-state index >= 15 is 0 Å². The van der Waals surface area contributed by atoms with Crippen LogP contribution in [0.25, 0.3) is 11.3 Å². The van der Waals surface area contributed by atoms with E-state index in [2.05, 4.69) is 16.9 Å². The normalized spacial score (nSPS) is 9.96. The fourth-order valence-corrected chi connectivity index (χ4v) is 2.83. The van der Waals surface area contributed by atoms with Crippen LogP contribution in [0.2, 0.25) is 0 Å². The summed E-state index contributed by atoms with van der Waals surface area (Å²) < 4.78 is 0. The van der Waals surface area contributed by atoms with Gasteiger partial charge in [-0.3, -0.25) is 4.79 Å². The van der Waals surface area contributed by atoms with Gasteiger partial charge in [0, 0.05) is 30.4 Å². The first-order valence-electron chi connectivity index (χ1n) is 9.69. The lowest BCUT2D eigenvalue weighted by atomic mass is 10.1. The van der Waals surface area contributed by atoms with Crippen LogP contribution in [0.1, 0.15) is 43.1 Å². The quantitative estimate of drug-likeness (QED) is 0.670. The number of hydrogen-bond acceptors (Lipinski definition) is 4. The van der Waals surface area contributed by atoms with Crippen molar-refractivity contribution in [2.45, 2.75) is 33.7 Å². The van der Waals surface area contributed by atoms with Crippen LogP contribution in [-0.2, 0) is 6.54 Å².